The second kappa shape index (κ2) is 7.17. The Labute approximate surface area is 113 Å². The zero-order valence-corrected chi connectivity index (χ0v) is 11.1. The van der Waals surface area contributed by atoms with Gasteiger partial charge in [-0.3, -0.25) is 4.90 Å². The first-order chi connectivity index (χ1) is 7.83. The number of alkyl halides is 1. The lowest BCUT2D eigenvalue weighted by molar-refractivity contribution is 0.147. The van der Waals surface area contributed by atoms with Crippen molar-refractivity contribution in [2.75, 3.05) is 32.9 Å². The molecule has 1 aromatic rings. The van der Waals surface area contributed by atoms with E-state index in [0.29, 0.717) is 5.02 Å². The topological polar surface area (TPSA) is 15.3 Å². The van der Waals surface area contributed by atoms with Crippen molar-refractivity contribution in [1.82, 2.24) is 10.2 Å². The van der Waals surface area contributed by atoms with Gasteiger partial charge in [-0.05, 0) is 11.6 Å². The standard InChI is InChI=1S/C12H16ClFN2.ClH/c13-11-4-2-1-3-10(11)12(9-14)16-7-5-15-6-8-16;/h1-4,12,15H,5-9H2;1H/t12-;/m1./s1. The van der Waals surface area contributed by atoms with Crippen LogP contribution in [0.25, 0.3) is 0 Å². The fraction of sp³-hybridized carbons (Fsp3) is 0.500. The number of rotatable bonds is 3. The molecule has 1 aliphatic rings. The van der Waals surface area contributed by atoms with Gasteiger partial charge in [-0.15, -0.1) is 12.4 Å². The maximum Gasteiger partial charge on any atom is 0.109 e. The highest BCUT2D eigenvalue weighted by molar-refractivity contribution is 6.31. The molecule has 1 saturated heterocycles. The fourth-order valence-electron chi connectivity index (χ4n) is 2.12. The summed E-state index contributed by atoms with van der Waals surface area (Å²) in [5.74, 6) is 0. The molecule has 0 bridgehead atoms. The van der Waals surface area contributed by atoms with Crippen molar-refractivity contribution in [3.8, 4) is 0 Å². The van der Waals surface area contributed by atoms with E-state index in [1.54, 1.807) is 0 Å². The molecule has 2 nitrogen and oxygen atoms in total. The molecule has 0 amide bonds. The van der Waals surface area contributed by atoms with Crippen molar-refractivity contribution >= 4 is 24.0 Å². The van der Waals surface area contributed by atoms with Crippen LogP contribution in [-0.4, -0.2) is 37.8 Å². The van der Waals surface area contributed by atoms with Crippen LogP contribution in [0.3, 0.4) is 0 Å². The number of piperazine rings is 1. The summed E-state index contributed by atoms with van der Waals surface area (Å²) in [5, 5.41) is 3.92. The summed E-state index contributed by atoms with van der Waals surface area (Å²) >= 11 is 6.11. The highest BCUT2D eigenvalue weighted by Crippen LogP contribution is 2.27. The Kier molecular flexibility index (Phi) is 6.20. The second-order valence-electron chi connectivity index (χ2n) is 3.98. The first-order valence-corrected chi connectivity index (χ1v) is 5.96. The monoisotopic (exact) mass is 278 g/mol. The molecule has 0 radical (unpaired) electrons. The summed E-state index contributed by atoms with van der Waals surface area (Å²) in [6.45, 7) is 3.20. The Morgan fingerprint density at radius 3 is 2.53 bits per heavy atom. The maximum absolute atomic E-state index is 13.2. The molecular formula is C12H17Cl2FN2. The second-order valence-corrected chi connectivity index (χ2v) is 4.38. The van der Waals surface area contributed by atoms with E-state index in [9.17, 15) is 4.39 Å². The highest BCUT2D eigenvalue weighted by Gasteiger charge is 2.23. The zero-order chi connectivity index (χ0) is 11.4. The minimum Gasteiger partial charge on any atom is -0.314 e. The van der Waals surface area contributed by atoms with E-state index in [0.717, 1.165) is 31.7 Å². The molecule has 17 heavy (non-hydrogen) atoms. The van der Waals surface area contributed by atoms with Gasteiger partial charge in [0.05, 0.1) is 6.04 Å². The van der Waals surface area contributed by atoms with Crippen LogP contribution in [0.1, 0.15) is 11.6 Å². The Morgan fingerprint density at radius 1 is 1.29 bits per heavy atom. The molecular weight excluding hydrogens is 262 g/mol. The quantitative estimate of drug-likeness (QED) is 0.915. The molecule has 1 aromatic carbocycles. The van der Waals surface area contributed by atoms with Crippen LogP contribution in [0.2, 0.25) is 5.02 Å². The predicted octanol–water partition coefficient (Wildman–Crippen LogP) is 2.68. The van der Waals surface area contributed by atoms with E-state index in [4.69, 9.17) is 11.6 Å². The number of hydrogen-bond acceptors (Lipinski definition) is 2. The van der Waals surface area contributed by atoms with E-state index in [1.165, 1.54) is 0 Å². The zero-order valence-electron chi connectivity index (χ0n) is 9.53. The molecule has 0 aliphatic carbocycles. The average molecular weight is 279 g/mol. The van der Waals surface area contributed by atoms with Crippen LogP contribution >= 0.6 is 24.0 Å². The lowest BCUT2D eigenvalue weighted by Gasteiger charge is -2.34. The number of nitrogens with zero attached hydrogens (tertiary/aromatic N) is 1. The van der Waals surface area contributed by atoms with Gasteiger partial charge in [-0.1, -0.05) is 29.8 Å². The van der Waals surface area contributed by atoms with Crippen molar-refractivity contribution < 1.29 is 4.39 Å². The number of benzene rings is 1. The van der Waals surface area contributed by atoms with Crippen molar-refractivity contribution in [2.45, 2.75) is 6.04 Å². The van der Waals surface area contributed by atoms with Crippen LogP contribution in [0.15, 0.2) is 24.3 Å². The maximum atomic E-state index is 13.2. The lowest BCUT2D eigenvalue weighted by atomic mass is 10.1. The Hall–Kier alpha value is -0.350. The van der Waals surface area contributed by atoms with E-state index in [2.05, 4.69) is 10.2 Å². The molecule has 0 aromatic heterocycles. The smallest absolute Gasteiger partial charge is 0.109 e. The third-order valence-electron chi connectivity index (χ3n) is 3.00. The summed E-state index contributed by atoms with van der Waals surface area (Å²) in [4.78, 5) is 2.15. The van der Waals surface area contributed by atoms with Gasteiger partial charge in [-0.2, -0.15) is 0 Å². The first kappa shape index (κ1) is 14.7. The molecule has 0 saturated carbocycles. The SMILES string of the molecule is Cl.FC[C@H](c1ccccc1Cl)N1CCNCC1. The van der Waals surface area contributed by atoms with Gasteiger partial charge in [0, 0.05) is 31.2 Å². The van der Waals surface area contributed by atoms with E-state index < -0.39 is 0 Å². The Morgan fingerprint density at radius 2 is 1.94 bits per heavy atom. The average Bonchev–Trinajstić information content (AvgIpc) is 2.34. The highest BCUT2D eigenvalue weighted by atomic mass is 35.5. The third-order valence-corrected chi connectivity index (χ3v) is 3.35. The molecule has 1 heterocycles. The van der Waals surface area contributed by atoms with Crippen molar-refractivity contribution in [2.24, 2.45) is 0 Å². The molecule has 1 fully saturated rings. The molecule has 0 unspecified atom stereocenters. The minimum atomic E-state index is -0.385. The molecule has 1 atom stereocenters. The van der Waals surface area contributed by atoms with Crippen LogP contribution in [0.5, 0.6) is 0 Å². The number of halogens is 3. The van der Waals surface area contributed by atoms with Gasteiger partial charge in [0.1, 0.15) is 6.67 Å². The van der Waals surface area contributed by atoms with Gasteiger partial charge in [0.2, 0.25) is 0 Å². The van der Waals surface area contributed by atoms with Gasteiger partial charge in [-0.25, -0.2) is 4.39 Å². The molecule has 96 valence electrons. The molecule has 5 heteroatoms. The molecule has 2 rings (SSSR count). The largest absolute Gasteiger partial charge is 0.314 e. The van der Waals surface area contributed by atoms with E-state index in [1.807, 2.05) is 24.3 Å². The normalized spacial score (nSPS) is 18.5. The van der Waals surface area contributed by atoms with Gasteiger partial charge >= 0.3 is 0 Å². The van der Waals surface area contributed by atoms with Gasteiger partial charge in [0.15, 0.2) is 0 Å². The van der Waals surface area contributed by atoms with E-state index in [-0.39, 0.29) is 25.1 Å². The molecule has 1 aliphatic heterocycles. The van der Waals surface area contributed by atoms with Crippen LogP contribution in [0, 0.1) is 0 Å². The van der Waals surface area contributed by atoms with Crippen LogP contribution in [0.4, 0.5) is 4.39 Å². The number of hydrogen-bond donors (Lipinski definition) is 1. The third kappa shape index (κ3) is 3.55. The van der Waals surface area contributed by atoms with Crippen molar-refractivity contribution in [3.63, 3.8) is 0 Å². The summed E-state index contributed by atoms with van der Waals surface area (Å²) < 4.78 is 13.2. The van der Waals surface area contributed by atoms with Crippen LogP contribution in [-0.2, 0) is 0 Å². The van der Waals surface area contributed by atoms with Crippen molar-refractivity contribution in [3.05, 3.63) is 34.9 Å². The Bertz CT molecular complexity index is 343. The van der Waals surface area contributed by atoms with Gasteiger partial charge < -0.3 is 5.32 Å². The van der Waals surface area contributed by atoms with Gasteiger partial charge in [0.25, 0.3) is 0 Å². The Balaban J connectivity index is 0.00000144. The first-order valence-electron chi connectivity index (χ1n) is 5.58. The summed E-state index contributed by atoms with van der Waals surface area (Å²) in [7, 11) is 0. The predicted molar refractivity (Wildman–Crippen MR) is 71.9 cm³/mol. The molecule has 1 N–H and O–H groups in total. The fourth-order valence-corrected chi connectivity index (χ4v) is 2.38. The summed E-state index contributed by atoms with van der Waals surface area (Å²) in [6.07, 6.45) is 0. The van der Waals surface area contributed by atoms with E-state index >= 15 is 0 Å². The summed E-state index contributed by atoms with van der Waals surface area (Å²) in [5.41, 5.74) is 0.897. The van der Waals surface area contributed by atoms with Crippen molar-refractivity contribution in [1.29, 1.82) is 0 Å². The minimum absolute atomic E-state index is 0. The van der Waals surface area contributed by atoms with Crippen LogP contribution < -0.4 is 5.32 Å². The summed E-state index contributed by atoms with van der Waals surface area (Å²) in [6, 6.07) is 7.32. The number of nitrogens with one attached hydrogen (secondary N) is 1. The molecule has 0 spiro atoms. The lowest BCUT2D eigenvalue weighted by Crippen LogP contribution is -2.45.